The van der Waals surface area contributed by atoms with Crippen molar-refractivity contribution in [3.8, 4) is 17.0 Å². The van der Waals surface area contributed by atoms with Crippen LogP contribution in [0.1, 0.15) is 18.4 Å². The molecule has 1 amide bonds. The second kappa shape index (κ2) is 10.4. The number of carbonyl (C=O) groups is 1. The number of ether oxygens (including phenoxy) is 1. The summed E-state index contributed by atoms with van der Waals surface area (Å²) < 4.78 is 5.52. The minimum Gasteiger partial charge on any atom is -0.484 e. The fraction of sp³-hybridized carbons (Fsp3) is 0.280. The lowest BCUT2D eigenvalue weighted by molar-refractivity contribution is -0.124. The van der Waals surface area contributed by atoms with E-state index in [1.165, 1.54) is 5.56 Å². The molecule has 0 atom stereocenters. The van der Waals surface area contributed by atoms with Crippen LogP contribution in [0.15, 0.2) is 72.9 Å². The number of halogens is 1. The minimum absolute atomic E-state index is 0.00315. The molecule has 0 bridgehead atoms. The third kappa shape index (κ3) is 6.29. The average molecular weight is 436 g/mol. The molecule has 0 saturated carbocycles. The predicted molar refractivity (Wildman–Crippen MR) is 123 cm³/mol. The second-order valence-corrected chi connectivity index (χ2v) is 8.21. The van der Waals surface area contributed by atoms with Crippen LogP contribution in [0.3, 0.4) is 0 Å². The van der Waals surface area contributed by atoms with Gasteiger partial charge in [0, 0.05) is 42.5 Å². The maximum Gasteiger partial charge on any atom is 0.258 e. The van der Waals surface area contributed by atoms with Crippen molar-refractivity contribution >= 4 is 17.5 Å². The molecule has 160 valence electrons. The van der Waals surface area contributed by atoms with E-state index in [1.54, 1.807) is 24.3 Å². The van der Waals surface area contributed by atoms with E-state index in [9.17, 15) is 4.79 Å². The number of benzene rings is 2. The van der Waals surface area contributed by atoms with Gasteiger partial charge in [-0.2, -0.15) is 0 Å². The maximum atomic E-state index is 12.2. The smallest absolute Gasteiger partial charge is 0.258 e. The van der Waals surface area contributed by atoms with Crippen molar-refractivity contribution in [3.05, 3.63) is 83.5 Å². The highest BCUT2D eigenvalue weighted by Gasteiger charge is 2.21. The highest BCUT2D eigenvalue weighted by molar-refractivity contribution is 6.30. The molecule has 1 saturated heterocycles. The van der Waals surface area contributed by atoms with E-state index in [4.69, 9.17) is 16.3 Å². The summed E-state index contributed by atoms with van der Waals surface area (Å²) in [6.45, 7) is 2.84. The molecule has 5 nitrogen and oxygen atoms in total. The fourth-order valence-electron chi connectivity index (χ4n) is 3.78. The number of rotatable bonds is 7. The molecule has 2 heterocycles. The van der Waals surface area contributed by atoms with Crippen molar-refractivity contribution in [2.45, 2.75) is 25.4 Å². The van der Waals surface area contributed by atoms with Crippen molar-refractivity contribution in [3.63, 3.8) is 0 Å². The van der Waals surface area contributed by atoms with E-state index in [1.807, 2.05) is 24.4 Å². The van der Waals surface area contributed by atoms with Crippen LogP contribution in [-0.2, 0) is 11.3 Å². The Bertz CT molecular complexity index is 987. The SMILES string of the molecule is O=C(COc1cccc(Cl)c1)NC1CCN(Cc2ccc(-c3ccccn3)cc2)CC1. The Labute approximate surface area is 188 Å². The Balaban J connectivity index is 1.19. The lowest BCUT2D eigenvalue weighted by Gasteiger charge is -2.32. The summed E-state index contributed by atoms with van der Waals surface area (Å²) in [7, 11) is 0. The number of aromatic nitrogens is 1. The van der Waals surface area contributed by atoms with E-state index in [2.05, 4.69) is 39.5 Å². The summed E-state index contributed by atoms with van der Waals surface area (Å²) in [5.74, 6) is 0.509. The van der Waals surface area contributed by atoms with Gasteiger partial charge in [-0.3, -0.25) is 14.7 Å². The van der Waals surface area contributed by atoms with Crippen LogP contribution in [0.25, 0.3) is 11.3 Å². The summed E-state index contributed by atoms with van der Waals surface area (Å²) in [5.41, 5.74) is 3.41. The summed E-state index contributed by atoms with van der Waals surface area (Å²) in [4.78, 5) is 19.0. The van der Waals surface area contributed by atoms with Crippen LogP contribution >= 0.6 is 11.6 Å². The van der Waals surface area contributed by atoms with Crippen molar-refractivity contribution in [1.29, 1.82) is 0 Å². The van der Waals surface area contributed by atoms with Crippen LogP contribution in [-0.4, -0.2) is 41.5 Å². The third-order valence-electron chi connectivity index (χ3n) is 5.44. The zero-order chi connectivity index (χ0) is 21.5. The molecule has 2 aromatic carbocycles. The first-order valence-electron chi connectivity index (χ1n) is 10.6. The molecule has 4 rings (SSSR count). The molecule has 0 aliphatic carbocycles. The van der Waals surface area contributed by atoms with Crippen molar-refractivity contribution in [1.82, 2.24) is 15.2 Å². The first-order chi connectivity index (χ1) is 15.2. The van der Waals surface area contributed by atoms with E-state index in [-0.39, 0.29) is 18.6 Å². The summed E-state index contributed by atoms with van der Waals surface area (Å²) in [6, 6.07) is 21.8. The van der Waals surface area contributed by atoms with Gasteiger partial charge in [0.15, 0.2) is 6.61 Å². The first kappa shape index (κ1) is 21.3. The topological polar surface area (TPSA) is 54.5 Å². The largest absolute Gasteiger partial charge is 0.484 e. The molecular formula is C25H26ClN3O2. The quantitative estimate of drug-likeness (QED) is 0.591. The molecule has 1 aliphatic heterocycles. The normalized spacial score (nSPS) is 14.9. The number of amides is 1. The zero-order valence-electron chi connectivity index (χ0n) is 17.3. The predicted octanol–water partition coefficient (Wildman–Crippen LogP) is 4.56. The molecule has 0 unspecified atom stereocenters. The number of pyridine rings is 1. The zero-order valence-corrected chi connectivity index (χ0v) is 18.1. The fourth-order valence-corrected chi connectivity index (χ4v) is 3.96. The summed E-state index contributed by atoms with van der Waals surface area (Å²) in [5, 5.41) is 3.68. The number of piperidine rings is 1. The molecule has 0 spiro atoms. The van der Waals surface area contributed by atoms with E-state index < -0.39 is 0 Å². The Morgan fingerprint density at radius 1 is 1.06 bits per heavy atom. The number of carbonyl (C=O) groups excluding carboxylic acids is 1. The van der Waals surface area contributed by atoms with E-state index >= 15 is 0 Å². The molecule has 31 heavy (non-hydrogen) atoms. The van der Waals surface area contributed by atoms with Gasteiger partial charge in [-0.1, -0.05) is 48.0 Å². The Morgan fingerprint density at radius 3 is 2.58 bits per heavy atom. The number of hydrogen-bond donors (Lipinski definition) is 1. The Kier molecular flexibility index (Phi) is 7.18. The van der Waals surface area contributed by atoms with Gasteiger partial charge in [0.05, 0.1) is 5.69 Å². The van der Waals surface area contributed by atoms with Gasteiger partial charge in [-0.25, -0.2) is 0 Å². The van der Waals surface area contributed by atoms with Gasteiger partial charge in [-0.15, -0.1) is 0 Å². The van der Waals surface area contributed by atoms with Gasteiger partial charge < -0.3 is 10.1 Å². The van der Waals surface area contributed by atoms with E-state index in [0.29, 0.717) is 10.8 Å². The standard InChI is InChI=1S/C25H26ClN3O2/c26-21-4-3-5-23(16-21)31-18-25(30)28-22-11-14-29(15-12-22)17-19-7-9-20(10-8-19)24-6-1-2-13-27-24/h1-10,13,16,22H,11-12,14-15,17-18H2,(H,28,30). The van der Waals surface area contributed by atoms with Gasteiger partial charge >= 0.3 is 0 Å². The molecule has 1 fully saturated rings. The van der Waals surface area contributed by atoms with Gasteiger partial charge in [0.25, 0.3) is 5.91 Å². The highest BCUT2D eigenvalue weighted by Crippen LogP contribution is 2.20. The molecule has 1 aromatic heterocycles. The van der Waals surface area contributed by atoms with Crippen molar-refractivity contribution in [2.75, 3.05) is 19.7 Å². The maximum absolute atomic E-state index is 12.2. The number of nitrogens with one attached hydrogen (secondary N) is 1. The number of likely N-dealkylation sites (tertiary alicyclic amines) is 1. The highest BCUT2D eigenvalue weighted by atomic mass is 35.5. The lowest BCUT2D eigenvalue weighted by atomic mass is 10.0. The van der Waals surface area contributed by atoms with Crippen molar-refractivity contribution < 1.29 is 9.53 Å². The molecule has 3 aromatic rings. The van der Waals surface area contributed by atoms with Crippen LogP contribution < -0.4 is 10.1 Å². The summed E-state index contributed by atoms with van der Waals surface area (Å²) in [6.07, 6.45) is 3.69. The molecule has 0 radical (unpaired) electrons. The Hall–Kier alpha value is -2.89. The summed E-state index contributed by atoms with van der Waals surface area (Å²) >= 11 is 5.94. The molecule has 1 N–H and O–H groups in total. The number of nitrogens with zero attached hydrogens (tertiary/aromatic N) is 2. The van der Waals surface area contributed by atoms with Crippen molar-refractivity contribution in [2.24, 2.45) is 0 Å². The number of hydrogen-bond acceptors (Lipinski definition) is 4. The molecule has 1 aliphatic rings. The molecular weight excluding hydrogens is 410 g/mol. The minimum atomic E-state index is -0.0939. The van der Waals surface area contributed by atoms with E-state index in [0.717, 1.165) is 43.7 Å². The van der Waals surface area contributed by atoms with Crippen LogP contribution in [0.4, 0.5) is 0 Å². The van der Waals surface area contributed by atoms with Gasteiger partial charge in [0.2, 0.25) is 0 Å². The molecule has 6 heteroatoms. The second-order valence-electron chi connectivity index (χ2n) is 7.78. The van der Waals surface area contributed by atoms with Gasteiger partial charge in [-0.05, 0) is 48.7 Å². The van der Waals surface area contributed by atoms with Crippen LogP contribution in [0.2, 0.25) is 5.02 Å². The Morgan fingerprint density at radius 2 is 1.87 bits per heavy atom. The monoisotopic (exact) mass is 435 g/mol. The average Bonchev–Trinajstić information content (AvgIpc) is 2.80. The third-order valence-corrected chi connectivity index (χ3v) is 5.67. The van der Waals surface area contributed by atoms with Crippen LogP contribution in [0, 0.1) is 0 Å². The van der Waals surface area contributed by atoms with Crippen LogP contribution in [0.5, 0.6) is 5.75 Å². The van der Waals surface area contributed by atoms with Gasteiger partial charge in [0.1, 0.15) is 5.75 Å². The lowest BCUT2D eigenvalue weighted by Crippen LogP contribution is -2.45. The first-order valence-corrected chi connectivity index (χ1v) is 10.9.